The van der Waals surface area contributed by atoms with E-state index in [-0.39, 0.29) is 18.5 Å². The minimum Gasteiger partial charge on any atom is -0.489 e. The van der Waals surface area contributed by atoms with Gasteiger partial charge < -0.3 is 25.0 Å². The maximum atomic E-state index is 14.4. The fourth-order valence-electron chi connectivity index (χ4n) is 5.16. The minimum atomic E-state index is -0.649. The lowest BCUT2D eigenvalue weighted by Crippen LogP contribution is -2.44. The molecule has 1 aliphatic carbocycles. The summed E-state index contributed by atoms with van der Waals surface area (Å²) >= 11 is 12.8. The van der Waals surface area contributed by atoms with E-state index in [1.807, 2.05) is 86.3 Å². The number of carbonyl (C=O) groups is 2. The number of nitrogens with two attached hydrogens (primary N) is 1. The third-order valence-corrected chi connectivity index (χ3v) is 8.27. The molecule has 1 aliphatic heterocycles. The number of ether oxygens (including phenoxy) is 2. The third-order valence-electron chi connectivity index (χ3n) is 7.41. The molecule has 226 valence electrons. The molecule has 7 nitrogen and oxygen atoms in total. The van der Waals surface area contributed by atoms with Crippen LogP contribution in [0.15, 0.2) is 72.3 Å². The Bertz CT molecular complexity index is 1540. The normalized spacial score (nSPS) is 15.3. The lowest BCUT2D eigenvalue weighted by Gasteiger charge is -2.34. The summed E-state index contributed by atoms with van der Waals surface area (Å²) in [5, 5.41) is 0.895. The van der Waals surface area contributed by atoms with E-state index in [2.05, 4.69) is 0 Å². The quantitative estimate of drug-likeness (QED) is 0.260. The summed E-state index contributed by atoms with van der Waals surface area (Å²) in [6, 6.07) is 20.9. The molecule has 2 N–H and O–H groups in total. The monoisotopic (exact) mass is 621 g/mol. The van der Waals surface area contributed by atoms with Gasteiger partial charge in [-0.15, -0.1) is 0 Å². The van der Waals surface area contributed by atoms with Gasteiger partial charge in [-0.2, -0.15) is 0 Å². The van der Waals surface area contributed by atoms with Crippen LogP contribution < -0.4 is 10.5 Å². The second-order valence-corrected chi connectivity index (χ2v) is 12.8. The third kappa shape index (κ3) is 7.84. The predicted molar refractivity (Wildman–Crippen MR) is 171 cm³/mol. The molecule has 2 aliphatic rings. The van der Waals surface area contributed by atoms with Crippen LogP contribution in [-0.2, 0) is 22.7 Å². The molecule has 0 radical (unpaired) electrons. The highest BCUT2D eigenvalue weighted by Crippen LogP contribution is 2.37. The minimum absolute atomic E-state index is 0.0983. The van der Waals surface area contributed by atoms with Gasteiger partial charge in [0.15, 0.2) is 0 Å². The highest BCUT2D eigenvalue weighted by molar-refractivity contribution is 6.42. The molecule has 1 saturated carbocycles. The molecule has 0 unspecified atom stereocenters. The largest absolute Gasteiger partial charge is 0.489 e. The van der Waals surface area contributed by atoms with Crippen molar-refractivity contribution >= 4 is 46.5 Å². The predicted octanol–water partition coefficient (Wildman–Crippen LogP) is 7.74. The Labute approximate surface area is 263 Å². The summed E-state index contributed by atoms with van der Waals surface area (Å²) in [6.07, 6.45) is 1.88. The number of carbonyl (C=O) groups excluding carboxylic acids is 2. The van der Waals surface area contributed by atoms with Gasteiger partial charge in [0.25, 0.3) is 5.91 Å². The maximum absolute atomic E-state index is 14.4. The summed E-state index contributed by atoms with van der Waals surface area (Å²) in [7, 11) is 0. The van der Waals surface area contributed by atoms with Crippen LogP contribution in [0.25, 0.3) is 5.57 Å². The lowest BCUT2D eigenvalue weighted by molar-refractivity contribution is -0.128. The topological polar surface area (TPSA) is 85.1 Å². The Hall–Kier alpha value is -3.68. The van der Waals surface area contributed by atoms with Gasteiger partial charge in [0, 0.05) is 30.4 Å². The zero-order chi connectivity index (χ0) is 30.7. The van der Waals surface area contributed by atoms with E-state index in [1.165, 1.54) is 0 Å². The van der Waals surface area contributed by atoms with E-state index in [4.69, 9.17) is 38.4 Å². The fourth-order valence-corrected chi connectivity index (χ4v) is 5.54. The van der Waals surface area contributed by atoms with Gasteiger partial charge in [-0.3, -0.25) is 4.79 Å². The van der Waals surface area contributed by atoms with Crippen molar-refractivity contribution < 1.29 is 19.1 Å². The van der Waals surface area contributed by atoms with Gasteiger partial charge in [0.2, 0.25) is 0 Å². The van der Waals surface area contributed by atoms with Crippen molar-refractivity contribution in [1.29, 1.82) is 0 Å². The fraction of sp³-hybridized carbons (Fsp3) is 0.353. The van der Waals surface area contributed by atoms with E-state index in [1.54, 1.807) is 11.0 Å². The van der Waals surface area contributed by atoms with Crippen LogP contribution in [0.4, 0.5) is 10.5 Å². The van der Waals surface area contributed by atoms with Crippen LogP contribution in [0.5, 0.6) is 5.75 Å². The molecule has 1 fully saturated rings. The molecule has 0 atom stereocenters. The highest BCUT2D eigenvalue weighted by atomic mass is 35.5. The number of benzene rings is 3. The molecule has 1 heterocycles. The number of halogens is 2. The summed E-state index contributed by atoms with van der Waals surface area (Å²) in [5.74, 6) is 0.562. The first-order valence-corrected chi connectivity index (χ1v) is 15.3. The zero-order valence-corrected chi connectivity index (χ0v) is 26.3. The molecule has 3 aromatic carbocycles. The second kappa shape index (κ2) is 12.9. The molecule has 0 saturated heterocycles. The van der Waals surface area contributed by atoms with E-state index >= 15 is 0 Å². The average Bonchev–Trinajstić information content (AvgIpc) is 3.81. The van der Waals surface area contributed by atoms with Crippen molar-refractivity contribution in [1.82, 2.24) is 9.80 Å². The van der Waals surface area contributed by atoms with Crippen LogP contribution in [-0.4, -0.2) is 46.5 Å². The zero-order valence-electron chi connectivity index (χ0n) is 24.7. The van der Waals surface area contributed by atoms with E-state index in [0.717, 1.165) is 35.1 Å². The summed E-state index contributed by atoms with van der Waals surface area (Å²) in [6.45, 7) is 6.77. The van der Waals surface area contributed by atoms with Crippen LogP contribution in [0, 0.1) is 0 Å². The number of nitrogen functional groups attached to an aromatic ring is 1. The van der Waals surface area contributed by atoms with Crippen LogP contribution >= 0.6 is 23.2 Å². The van der Waals surface area contributed by atoms with Gasteiger partial charge in [-0.25, -0.2) is 4.79 Å². The van der Waals surface area contributed by atoms with Crippen LogP contribution in [0.2, 0.25) is 10.0 Å². The average molecular weight is 623 g/mol. The van der Waals surface area contributed by atoms with Crippen molar-refractivity contribution in [2.45, 2.75) is 64.8 Å². The first-order chi connectivity index (χ1) is 20.5. The van der Waals surface area contributed by atoms with Crippen molar-refractivity contribution in [3.63, 3.8) is 0 Å². The number of anilines is 1. The number of rotatable bonds is 8. The molecular weight excluding hydrogens is 585 g/mol. The smallest absolute Gasteiger partial charge is 0.410 e. The van der Waals surface area contributed by atoms with Gasteiger partial charge in [-0.1, -0.05) is 59.6 Å². The molecule has 2 amide bonds. The van der Waals surface area contributed by atoms with Crippen molar-refractivity contribution in [3.05, 3.63) is 99.0 Å². The molecule has 9 heteroatoms. The molecule has 0 spiro atoms. The van der Waals surface area contributed by atoms with Gasteiger partial charge in [0.1, 0.15) is 18.0 Å². The molecular formula is C34H37Cl2N3O4. The van der Waals surface area contributed by atoms with Gasteiger partial charge in [-0.05, 0) is 92.6 Å². The van der Waals surface area contributed by atoms with Crippen LogP contribution in [0.3, 0.4) is 0 Å². The Morgan fingerprint density at radius 1 is 1.02 bits per heavy atom. The summed E-state index contributed by atoms with van der Waals surface area (Å²) in [5.41, 5.74) is 10.0. The molecule has 43 heavy (non-hydrogen) atoms. The van der Waals surface area contributed by atoms with E-state index < -0.39 is 11.7 Å². The Kier molecular flexibility index (Phi) is 9.23. The SMILES string of the molecule is CC(C)(C)OC(=O)N1CCC(c2cccc(OCc3cccc(N)c3)c2)=C(C(=O)N(Cc2cccc(Cl)c2Cl)C2CC2)C1. The first kappa shape index (κ1) is 30.8. The standard InChI is InChI=1S/C34H37Cl2N3O4/c1-34(2,3)43-33(41)38-16-15-28(23-8-5-11-27(18-23)42-21-22-7-4-10-25(37)17-22)29(20-38)32(40)39(26-13-14-26)19-24-9-6-12-30(35)31(24)36/h4-12,17-18,26H,13-16,19-21,37H2,1-3H3. The Morgan fingerprint density at radius 3 is 2.49 bits per heavy atom. The van der Waals surface area contributed by atoms with Crippen molar-refractivity contribution in [2.24, 2.45) is 0 Å². The maximum Gasteiger partial charge on any atom is 0.410 e. The van der Waals surface area contributed by atoms with Crippen molar-refractivity contribution in [2.75, 3.05) is 18.8 Å². The molecule has 5 rings (SSSR count). The second-order valence-electron chi connectivity index (χ2n) is 12.0. The lowest BCUT2D eigenvalue weighted by atomic mass is 9.92. The van der Waals surface area contributed by atoms with E-state index in [9.17, 15) is 9.59 Å². The van der Waals surface area contributed by atoms with Gasteiger partial charge in [0.05, 0.1) is 16.6 Å². The van der Waals surface area contributed by atoms with Crippen molar-refractivity contribution in [3.8, 4) is 5.75 Å². The van der Waals surface area contributed by atoms with E-state index in [0.29, 0.717) is 53.2 Å². The number of hydrogen-bond donors (Lipinski definition) is 1. The first-order valence-electron chi connectivity index (χ1n) is 14.5. The summed E-state index contributed by atoms with van der Waals surface area (Å²) in [4.78, 5) is 31.0. The molecule has 0 aromatic heterocycles. The van der Waals surface area contributed by atoms with Crippen LogP contribution in [0.1, 0.15) is 56.7 Å². The summed E-state index contributed by atoms with van der Waals surface area (Å²) < 4.78 is 11.8. The number of hydrogen-bond acceptors (Lipinski definition) is 5. The van der Waals surface area contributed by atoms with Gasteiger partial charge >= 0.3 is 6.09 Å². The number of amides is 2. The Balaban J connectivity index is 1.47. The molecule has 0 bridgehead atoms. The molecule has 3 aromatic rings. The Morgan fingerprint density at radius 2 is 1.77 bits per heavy atom. The number of nitrogens with zero attached hydrogens (tertiary/aromatic N) is 2. The highest BCUT2D eigenvalue weighted by Gasteiger charge is 2.38.